The van der Waals surface area contributed by atoms with Gasteiger partial charge in [-0.1, -0.05) is 0 Å². The summed E-state index contributed by atoms with van der Waals surface area (Å²) in [5, 5.41) is 6.83. The normalized spacial score (nSPS) is 27.6. The molecule has 2 aliphatic heterocycles. The number of nitrogens with zero attached hydrogens (tertiary/aromatic N) is 1. The van der Waals surface area contributed by atoms with Crippen molar-refractivity contribution in [1.82, 2.24) is 15.5 Å². The van der Waals surface area contributed by atoms with Crippen LogP contribution in [0, 0.1) is 0 Å². The van der Waals surface area contributed by atoms with Gasteiger partial charge in [0.2, 0.25) is 0 Å². The van der Waals surface area contributed by atoms with E-state index in [1.807, 2.05) is 20.8 Å². The van der Waals surface area contributed by atoms with Crippen LogP contribution >= 0.6 is 0 Å². The van der Waals surface area contributed by atoms with Crippen LogP contribution in [0.25, 0.3) is 0 Å². The first-order valence-corrected chi connectivity index (χ1v) is 7.47. The molecule has 2 N–H and O–H groups in total. The molecule has 6 heteroatoms. The van der Waals surface area contributed by atoms with Crippen LogP contribution in [0.1, 0.15) is 27.2 Å². The summed E-state index contributed by atoms with van der Waals surface area (Å²) in [4.78, 5) is 14.0. The van der Waals surface area contributed by atoms with Gasteiger partial charge in [0.1, 0.15) is 5.60 Å². The lowest BCUT2D eigenvalue weighted by molar-refractivity contribution is -0.0321. The predicted octanol–water partition coefficient (Wildman–Crippen LogP) is 0.574. The van der Waals surface area contributed by atoms with Crippen LogP contribution in [0.2, 0.25) is 0 Å². The summed E-state index contributed by atoms with van der Waals surface area (Å²) in [6.45, 7) is 10.3. The van der Waals surface area contributed by atoms with Crippen molar-refractivity contribution in [1.29, 1.82) is 0 Å². The molecule has 2 unspecified atom stereocenters. The lowest BCUT2D eigenvalue weighted by Gasteiger charge is -2.37. The van der Waals surface area contributed by atoms with Crippen LogP contribution in [-0.4, -0.2) is 68.1 Å². The molecule has 2 rings (SSSR count). The topological polar surface area (TPSA) is 62.8 Å². The zero-order valence-corrected chi connectivity index (χ0v) is 12.8. The number of carbonyl (C=O) groups excluding carboxylic acids is 1. The first kappa shape index (κ1) is 15.5. The summed E-state index contributed by atoms with van der Waals surface area (Å²) >= 11 is 0. The Labute approximate surface area is 121 Å². The summed E-state index contributed by atoms with van der Waals surface area (Å²) in [7, 11) is 0. The highest BCUT2D eigenvalue weighted by atomic mass is 16.6. The maximum atomic E-state index is 12.2. The molecule has 0 saturated carbocycles. The fourth-order valence-corrected chi connectivity index (χ4v) is 2.52. The van der Waals surface area contributed by atoms with Crippen molar-refractivity contribution >= 4 is 6.09 Å². The predicted molar refractivity (Wildman–Crippen MR) is 76.8 cm³/mol. The third kappa shape index (κ3) is 4.61. The number of hydrogen-bond acceptors (Lipinski definition) is 5. The third-order valence-corrected chi connectivity index (χ3v) is 3.56. The second-order valence-corrected chi connectivity index (χ2v) is 6.50. The van der Waals surface area contributed by atoms with E-state index in [0.29, 0.717) is 25.8 Å². The molecule has 20 heavy (non-hydrogen) atoms. The number of ether oxygens (including phenoxy) is 2. The van der Waals surface area contributed by atoms with E-state index in [2.05, 4.69) is 10.6 Å². The minimum Gasteiger partial charge on any atom is -0.444 e. The SMILES string of the molecule is CC(C)(C)OC(=O)N1CCOCC1CNC1CCNC1. The highest BCUT2D eigenvalue weighted by Crippen LogP contribution is 2.14. The molecule has 0 aromatic carbocycles. The van der Waals surface area contributed by atoms with Gasteiger partial charge in [-0.15, -0.1) is 0 Å². The van der Waals surface area contributed by atoms with E-state index in [-0.39, 0.29) is 12.1 Å². The Balaban J connectivity index is 1.85. The summed E-state index contributed by atoms with van der Waals surface area (Å²) in [6, 6.07) is 0.552. The monoisotopic (exact) mass is 285 g/mol. The first-order valence-electron chi connectivity index (χ1n) is 7.47. The molecule has 2 fully saturated rings. The van der Waals surface area contributed by atoms with Crippen LogP contribution in [-0.2, 0) is 9.47 Å². The Morgan fingerprint density at radius 3 is 2.95 bits per heavy atom. The zero-order chi connectivity index (χ0) is 14.6. The van der Waals surface area contributed by atoms with E-state index >= 15 is 0 Å². The van der Waals surface area contributed by atoms with E-state index in [1.54, 1.807) is 4.90 Å². The van der Waals surface area contributed by atoms with E-state index in [4.69, 9.17) is 9.47 Å². The molecular weight excluding hydrogens is 258 g/mol. The maximum absolute atomic E-state index is 12.2. The van der Waals surface area contributed by atoms with Gasteiger partial charge < -0.3 is 20.1 Å². The van der Waals surface area contributed by atoms with Crippen molar-refractivity contribution in [2.45, 2.75) is 44.9 Å². The molecule has 6 nitrogen and oxygen atoms in total. The van der Waals surface area contributed by atoms with Gasteiger partial charge in [-0.2, -0.15) is 0 Å². The molecule has 0 aromatic rings. The third-order valence-electron chi connectivity index (χ3n) is 3.56. The fraction of sp³-hybridized carbons (Fsp3) is 0.929. The molecular formula is C14H27N3O3. The van der Waals surface area contributed by atoms with Crippen LogP contribution in [0.5, 0.6) is 0 Å². The highest BCUT2D eigenvalue weighted by Gasteiger charge is 2.31. The molecule has 0 aromatic heterocycles. The Morgan fingerprint density at radius 2 is 2.30 bits per heavy atom. The summed E-state index contributed by atoms with van der Waals surface area (Å²) in [5.74, 6) is 0. The molecule has 0 aliphatic carbocycles. The highest BCUT2D eigenvalue weighted by molar-refractivity contribution is 5.68. The van der Waals surface area contributed by atoms with Crippen molar-refractivity contribution in [3.63, 3.8) is 0 Å². The Morgan fingerprint density at radius 1 is 1.50 bits per heavy atom. The molecule has 1 amide bonds. The number of hydrogen-bond donors (Lipinski definition) is 2. The molecule has 116 valence electrons. The van der Waals surface area contributed by atoms with E-state index in [1.165, 1.54) is 0 Å². The van der Waals surface area contributed by atoms with Gasteiger partial charge in [-0.05, 0) is 33.7 Å². The number of rotatable bonds is 3. The van der Waals surface area contributed by atoms with Gasteiger partial charge in [-0.3, -0.25) is 4.90 Å². The lowest BCUT2D eigenvalue weighted by Crippen LogP contribution is -2.55. The number of morpholine rings is 1. The number of nitrogens with one attached hydrogen (secondary N) is 2. The molecule has 0 radical (unpaired) electrons. The molecule has 0 bridgehead atoms. The summed E-state index contributed by atoms with van der Waals surface area (Å²) < 4.78 is 11.0. The van der Waals surface area contributed by atoms with E-state index in [9.17, 15) is 4.79 Å². The summed E-state index contributed by atoms with van der Waals surface area (Å²) in [6.07, 6.45) is 0.900. The van der Waals surface area contributed by atoms with Crippen molar-refractivity contribution < 1.29 is 14.3 Å². The maximum Gasteiger partial charge on any atom is 0.410 e. The van der Waals surface area contributed by atoms with Gasteiger partial charge in [-0.25, -0.2) is 4.79 Å². The van der Waals surface area contributed by atoms with Gasteiger partial charge >= 0.3 is 6.09 Å². The van der Waals surface area contributed by atoms with Crippen molar-refractivity contribution in [2.75, 3.05) is 39.4 Å². The number of carbonyl (C=O) groups is 1. The zero-order valence-electron chi connectivity index (χ0n) is 12.8. The first-order chi connectivity index (χ1) is 9.46. The van der Waals surface area contributed by atoms with Crippen molar-refractivity contribution in [3.05, 3.63) is 0 Å². The van der Waals surface area contributed by atoms with E-state index < -0.39 is 5.60 Å². The van der Waals surface area contributed by atoms with Gasteiger partial charge in [0.15, 0.2) is 0 Å². The van der Waals surface area contributed by atoms with Crippen LogP contribution in [0.15, 0.2) is 0 Å². The fourth-order valence-electron chi connectivity index (χ4n) is 2.52. The standard InChI is InChI=1S/C14H27N3O3/c1-14(2,3)20-13(18)17-6-7-19-10-12(17)9-16-11-4-5-15-8-11/h11-12,15-16H,4-10H2,1-3H3. The lowest BCUT2D eigenvalue weighted by atomic mass is 10.2. The summed E-state index contributed by atoms with van der Waals surface area (Å²) in [5.41, 5.74) is -0.456. The average Bonchev–Trinajstić information content (AvgIpc) is 2.87. The average molecular weight is 285 g/mol. The second kappa shape index (κ2) is 6.74. The number of amides is 1. The van der Waals surface area contributed by atoms with Gasteiger partial charge in [0.05, 0.1) is 19.3 Å². The quantitative estimate of drug-likeness (QED) is 0.794. The van der Waals surface area contributed by atoms with Crippen LogP contribution in [0.4, 0.5) is 4.79 Å². The van der Waals surface area contributed by atoms with Crippen molar-refractivity contribution in [2.24, 2.45) is 0 Å². The Hall–Kier alpha value is -0.850. The molecule has 2 saturated heterocycles. The van der Waals surface area contributed by atoms with E-state index in [0.717, 1.165) is 26.1 Å². The van der Waals surface area contributed by atoms with Gasteiger partial charge in [0.25, 0.3) is 0 Å². The molecule has 0 spiro atoms. The largest absolute Gasteiger partial charge is 0.444 e. The second-order valence-electron chi connectivity index (χ2n) is 6.50. The molecule has 2 atom stereocenters. The smallest absolute Gasteiger partial charge is 0.410 e. The Kier molecular flexibility index (Phi) is 5.23. The molecule has 2 heterocycles. The Bertz CT molecular complexity index is 324. The van der Waals surface area contributed by atoms with Crippen LogP contribution < -0.4 is 10.6 Å². The molecule has 2 aliphatic rings. The minimum atomic E-state index is -0.456. The van der Waals surface area contributed by atoms with Crippen molar-refractivity contribution in [3.8, 4) is 0 Å². The minimum absolute atomic E-state index is 0.0548. The van der Waals surface area contributed by atoms with Gasteiger partial charge in [0, 0.05) is 25.7 Å². The van der Waals surface area contributed by atoms with Crippen LogP contribution in [0.3, 0.4) is 0 Å².